The maximum Gasteiger partial charge on any atom is 0.231 e. The summed E-state index contributed by atoms with van der Waals surface area (Å²) in [5, 5.41) is 8.50. The first-order valence-electron chi connectivity index (χ1n) is 10.4. The van der Waals surface area contributed by atoms with Gasteiger partial charge in [0.25, 0.3) is 0 Å². The fraction of sp³-hybridized carbons (Fsp3) is 0.0800. The largest absolute Gasteiger partial charge is 0.496 e. The molecule has 0 aliphatic heterocycles. The van der Waals surface area contributed by atoms with Crippen LogP contribution in [0.4, 0.5) is 8.78 Å². The van der Waals surface area contributed by atoms with E-state index in [1.165, 1.54) is 25.3 Å². The highest BCUT2D eigenvalue weighted by Crippen LogP contribution is 2.37. The zero-order chi connectivity index (χ0) is 24.6. The second kappa shape index (κ2) is 8.88. The average Bonchev–Trinajstić information content (AvgIpc) is 3.34. The van der Waals surface area contributed by atoms with E-state index in [1.807, 2.05) is 0 Å². The second-order valence-corrected chi connectivity index (χ2v) is 9.70. The molecule has 2 aromatic heterocycles. The molecule has 7 nitrogen and oxygen atoms in total. The van der Waals surface area contributed by atoms with Crippen molar-refractivity contribution in [3.05, 3.63) is 90.8 Å². The van der Waals surface area contributed by atoms with E-state index < -0.39 is 27.2 Å². The van der Waals surface area contributed by atoms with E-state index in [0.29, 0.717) is 38.9 Å². The first-order chi connectivity index (χ1) is 16.8. The van der Waals surface area contributed by atoms with Gasteiger partial charge >= 0.3 is 0 Å². The molecule has 0 bridgehead atoms. The molecule has 0 radical (unpaired) electrons. The van der Waals surface area contributed by atoms with E-state index in [-0.39, 0.29) is 10.8 Å². The molecule has 0 fully saturated rings. The lowest BCUT2D eigenvalue weighted by Gasteiger charge is -2.13. The van der Waals surface area contributed by atoms with E-state index in [0.717, 1.165) is 12.5 Å². The third kappa shape index (κ3) is 4.47. The number of methoxy groups -OCH3 is 1. The van der Waals surface area contributed by atoms with Gasteiger partial charge in [0.05, 0.1) is 17.7 Å². The van der Waals surface area contributed by atoms with Gasteiger partial charge in [-0.15, -0.1) is 10.2 Å². The molecule has 0 amide bonds. The summed E-state index contributed by atoms with van der Waals surface area (Å²) in [5.74, 6) is -1.32. The summed E-state index contributed by atoms with van der Waals surface area (Å²) >= 11 is 0. The highest BCUT2D eigenvalue weighted by atomic mass is 32.2. The van der Waals surface area contributed by atoms with Crippen molar-refractivity contribution in [2.75, 3.05) is 7.11 Å². The lowest BCUT2D eigenvalue weighted by Crippen LogP contribution is -2.05. The summed E-state index contributed by atoms with van der Waals surface area (Å²) in [6.07, 6.45) is 2.65. The van der Waals surface area contributed by atoms with Crippen LogP contribution in [-0.4, -0.2) is 30.7 Å². The van der Waals surface area contributed by atoms with Gasteiger partial charge in [0.15, 0.2) is 9.84 Å². The lowest BCUT2D eigenvalue weighted by molar-refractivity contribution is 0.416. The molecule has 0 saturated carbocycles. The SMILES string of the molecule is COc1cc(-c2cc(F)cc(F)c2)ccc1-c1nccc2cc(S(=O)(=O)Cc3nnco3)ccc12. The summed E-state index contributed by atoms with van der Waals surface area (Å²) < 4.78 is 63.5. The number of aromatic nitrogens is 3. The topological polar surface area (TPSA) is 95.2 Å². The molecule has 0 aliphatic rings. The van der Waals surface area contributed by atoms with Crippen LogP contribution in [0.15, 0.2) is 82.6 Å². The number of rotatable bonds is 6. The van der Waals surface area contributed by atoms with Gasteiger partial charge in [-0.2, -0.15) is 0 Å². The van der Waals surface area contributed by atoms with Crippen molar-refractivity contribution in [1.29, 1.82) is 0 Å². The summed E-state index contributed by atoms with van der Waals surface area (Å²) in [4.78, 5) is 4.59. The summed E-state index contributed by atoms with van der Waals surface area (Å²) in [5.41, 5.74) is 2.14. The second-order valence-electron chi connectivity index (χ2n) is 7.71. The number of sulfone groups is 1. The van der Waals surface area contributed by atoms with Crippen LogP contribution in [0.1, 0.15) is 5.89 Å². The monoisotopic (exact) mass is 493 g/mol. The number of nitrogens with zero attached hydrogens (tertiary/aromatic N) is 3. The van der Waals surface area contributed by atoms with Gasteiger partial charge in [-0.3, -0.25) is 4.98 Å². The summed E-state index contributed by atoms with van der Waals surface area (Å²) in [7, 11) is -2.22. The Kier molecular flexibility index (Phi) is 5.73. The number of benzene rings is 3. The van der Waals surface area contributed by atoms with Gasteiger partial charge in [0, 0.05) is 23.2 Å². The van der Waals surface area contributed by atoms with Crippen molar-refractivity contribution in [3.63, 3.8) is 0 Å². The Hall–Kier alpha value is -4.18. The van der Waals surface area contributed by atoms with E-state index in [2.05, 4.69) is 15.2 Å². The predicted octanol–water partition coefficient (Wildman–Crippen LogP) is 5.21. The summed E-state index contributed by atoms with van der Waals surface area (Å²) in [6.45, 7) is 0. The van der Waals surface area contributed by atoms with Crippen LogP contribution in [0.25, 0.3) is 33.2 Å². The van der Waals surface area contributed by atoms with E-state index in [4.69, 9.17) is 9.15 Å². The standard InChI is InChI=1S/C25H17F2N3O4S/c1-33-23-11-15(17-8-18(26)12-19(27)9-17)2-4-22(23)25-21-5-3-20(10-16(21)6-7-28-25)35(31,32)13-24-30-29-14-34-24/h2-12,14H,13H2,1H3. The number of halogens is 2. The van der Waals surface area contributed by atoms with Crippen LogP contribution >= 0.6 is 0 Å². The van der Waals surface area contributed by atoms with Gasteiger partial charge in [-0.1, -0.05) is 12.1 Å². The molecule has 5 aromatic rings. The van der Waals surface area contributed by atoms with Crippen LogP contribution in [0.2, 0.25) is 0 Å². The molecule has 0 atom stereocenters. The molecule has 35 heavy (non-hydrogen) atoms. The number of fused-ring (bicyclic) bond motifs is 1. The van der Waals surface area contributed by atoms with E-state index in [9.17, 15) is 17.2 Å². The van der Waals surface area contributed by atoms with E-state index >= 15 is 0 Å². The Labute approximate surface area is 199 Å². The fourth-order valence-electron chi connectivity index (χ4n) is 3.86. The van der Waals surface area contributed by atoms with Crippen LogP contribution in [0.5, 0.6) is 5.75 Å². The Morgan fingerprint density at radius 3 is 2.46 bits per heavy atom. The first-order valence-corrected chi connectivity index (χ1v) is 12.0. The molecule has 5 rings (SSSR count). The molecule has 176 valence electrons. The number of hydrogen-bond donors (Lipinski definition) is 0. The van der Waals surface area contributed by atoms with E-state index in [1.54, 1.807) is 42.6 Å². The Bertz CT molecular complexity index is 1640. The van der Waals surface area contributed by atoms with Crippen LogP contribution in [0, 0.1) is 11.6 Å². The lowest BCUT2D eigenvalue weighted by atomic mass is 9.99. The molecule has 0 N–H and O–H groups in total. The molecule has 0 saturated heterocycles. The van der Waals surface area contributed by atoms with Crippen LogP contribution < -0.4 is 4.74 Å². The molecule has 0 aliphatic carbocycles. The van der Waals surface area contributed by atoms with Crippen molar-refractivity contribution < 1.29 is 26.4 Å². The van der Waals surface area contributed by atoms with Crippen LogP contribution in [0.3, 0.4) is 0 Å². The zero-order valence-electron chi connectivity index (χ0n) is 18.3. The van der Waals surface area contributed by atoms with Gasteiger partial charge in [0.2, 0.25) is 12.3 Å². The van der Waals surface area contributed by atoms with Gasteiger partial charge in [-0.05, 0) is 59.0 Å². The molecule has 0 unspecified atom stereocenters. The minimum Gasteiger partial charge on any atom is -0.496 e. The van der Waals surface area contributed by atoms with Crippen molar-refractivity contribution in [2.45, 2.75) is 10.6 Å². The summed E-state index contributed by atoms with van der Waals surface area (Å²) in [6, 6.07) is 14.9. The molecule has 0 spiro atoms. The normalized spacial score (nSPS) is 11.6. The van der Waals surface area contributed by atoms with Crippen molar-refractivity contribution in [1.82, 2.24) is 15.2 Å². The maximum atomic E-state index is 13.7. The van der Waals surface area contributed by atoms with Gasteiger partial charge in [-0.25, -0.2) is 17.2 Å². The van der Waals surface area contributed by atoms with Gasteiger partial charge in [0.1, 0.15) is 23.1 Å². The highest BCUT2D eigenvalue weighted by Gasteiger charge is 2.20. The molecular formula is C25H17F2N3O4S. The fourth-order valence-corrected chi connectivity index (χ4v) is 5.06. The number of hydrogen-bond acceptors (Lipinski definition) is 7. The minimum atomic E-state index is -3.71. The number of pyridine rings is 1. The first kappa shape index (κ1) is 22.6. The van der Waals surface area contributed by atoms with Gasteiger partial charge < -0.3 is 9.15 Å². The molecule has 2 heterocycles. The zero-order valence-corrected chi connectivity index (χ0v) is 19.1. The average molecular weight is 493 g/mol. The smallest absolute Gasteiger partial charge is 0.231 e. The third-order valence-corrected chi connectivity index (χ3v) is 7.07. The Morgan fingerprint density at radius 1 is 0.943 bits per heavy atom. The third-order valence-electron chi connectivity index (χ3n) is 5.47. The van der Waals surface area contributed by atoms with Crippen molar-refractivity contribution >= 4 is 20.6 Å². The maximum absolute atomic E-state index is 13.7. The molecule has 10 heteroatoms. The Morgan fingerprint density at radius 2 is 1.74 bits per heavy atom. The molecule has 3 aromatic carbocycles. The van der Waals surface area contributed by atoms with Crippen LogP contribution in [-0.2, 0) is 15.6 Å². The van der Waals surface area contributed by atoms with Crippen molar-refractivity contribution in [2.24, 2.45) is 0 Å². The quantitative estimate of drug-likeness (QED) is 0.320. The molecular weight excluding hydrogens is 476 g/mol. The highest BCUT2D eigenvalue weighted by molar-refractivity contribution is 7.90. The van der Waals surface area contributed by atoms with Crippen molar-refractivity contribution in [3.8, 4) is 28.1 Å². The number of ether oxygens (including phenoxy) is 1. The predicted molar refractivity (Wildman–Crippen MR) is 124 cm³/mol. The minimum absolute atomic E-state index is 0.00326. The Balaban J connectivity index is 1.57.